The van der Waals surface area contributed by atoms with Gasteiger partial charge in [0.25, 0.3) is 5.91 Å². The molecule has 2 N–H and O–H groups in total. The van der Waals surface area contributed by atoms with Gasteiger partial charge in [-0.25, -0.2) is 4.79 Å². The summed E-state index contributed by atoms with van der Waals surface area (Å²) < 4.78 is 11.7. The molecule has 2 rings (SSSR count). The third-order valence-electron chi connectivity index (χ3n) is 3.65. The van der Waals surface area contributed by atoms with Gasteiger partial charge in [0.05, 0.1) is 14.3 Å². The lowest BCUT2D eigenvalue weighted by Crippen LogP contribution is -2.23. The van der Waals surface area contributed by atoms with Crippen molar-refractivity contribution in [3.05, 3.63) is 60.2 Å². The zero-order chi connectivity index (χ0) is 21.4. The molecule has 2 aromatic carbocycles. The van der Waals surface area contributed by atoms with Crippen molar-refractivity contribution in [1.29, 1.82) is 5.26 Å². The van der Waals surface area contributed by atoms with Crippen LogP contribution in [0.3, 0.4) is 0 Å². The summed E-state index contributed by atoms with van der Waals surface area (Å²) in [5.74, 6) is -0.383. The van der Waals surface area contributed by atoms with Gasteiger partial charge in [-0.05, 0) is 86.7 Å². The first kappa shape index (κ1) is 23.0. The van der Waals surface area contributed by atoms with Gasteiger partial charge in [-0.1, -0.05) is 12.1 Å². The van der Waals surface area contributed by atoms with E-state index in [1.165, 1.54) is 6.08 Å². The number of hydrogen-bond donors (Lipinski definition) is 2. The Hall–Kier alpha value is -2.33. The van der Waals surface area contributed by atoms with E-state index in [2.05, 4.69) is 5.32 Å². The summed E-state index contributed by atoms with van der Waals surface area (Å²) in [6.07, 6.45) is 1.48. The molecule has 0 aliphatic rings. The van der Waals surface area contributed by atoms with Gasteiger partial charge in [0.1, 0.15) is 23.1 Å². The molecule has 0 unspecified atom stereocenters. The van der Waals surface area contributed by atoms with Crippen LogP contribution in [0.2, 0.25) is 0 Å². The van der Waals surface area contributed by atoms with Crippen LogP contribution in [0.5, 0.6) is 11.5 Å². The standard InChI is InChI=1S/C20H16I2N2O5/c1-28-15-4-2-12(3-5-15)10-24-20(27)14(9-23)6-13-7-16(21)19(17(22)8-13)29-11-18(25)26/h2-8H,10-11H2,1H3,(H,24,27)(H,25,26)/b14-6-. The van der Waals surface area contributed by atoms with Crippen LogP contribution in [0.15, 0.2) is 42.0 Å². The normalized spacial score (nSPS) is 10.8. The SMILES string of the molecule is COc1ccc(CNC(=O)/C(C#N)=C\c2cc(I)c(OCC(=O)O)c(I)c2)cc1. The highest BCUT2D eigenvalue weighted by atomic mass is 127. The summed E-state index contributed by atoms with van der Waals surface area (Å²) >= 11 is 4.04. The van der Waals surface area contributed by atoms with Crippen LogP contribution in [0, 0.1) is 18.5 Å². The number of ether oxygens (including phenoxy) is 2. The zero-order valence-corrected chi connectivity index (χ0v) is 19.6. The highest BCUT2D eigenvalue weighted by Gasteiger charge is 2.13. The Kier molecular flexibility index (Phi) is 8.71. The van der Waals surface area contributed by atoms with E-state index in [9.17, 15) is 14.9 Å². The lowest BCUT2D eigenvalue weighted by Gasteiger charge is -2.10. The van der Waals surface area contributed by atoms with Gasteiger partial charge in [0.2, 0.25) is 0 Å². The van der Waals surface area contributed by atoms with E-state index < -0.39 is 18.5 Å². The summed E-state index contributed by atoms with van der Waals surface area (Å²) in [7, 11) is 1.58. The fraction of sp³-hybridized carbons (Fsp3) is 0.150. The lowest BCUT2D eigenvalue weighted by atomic mass is 10.1. The van der Waals surface area contributed by atoms with E-state index in [0.29, 0.717) is 18.5 Å². The van der Waals surface area contributed by atoms with Crippen LogP contribution in [0.1, 0.15) is 11.1 Å². The maximum absolute atomic E-state index is 12.4. The van der Waals surface area contributed by atoms with E-state index in [4.69, 9.17) is 14.6 Å². The fourth-order valence-corrected chi connectivity index (χ4v) is 4.40. The van der Waals surface area contributed by atoms with Crippen LogP contribution in [-0.4, -0.2) is 30.7 Å². The maximum atomic E-state index is 12.4. The average molecular weight is 618 g/mol. The number of amides is 1. The van der Waals surface area contributed by atoms with E-state index in [1.54, 1.807) is 31.4 Å². The molecule has 0 bridgehead atoms. The molecule has 0 aromatic heterocycles. The molecule has 7 nitrogen and oxygen atoms in total. The molecule has 0 radical (unpaired) electrons. The number of nitrogens with one attached hydrogen (secondary N) is 1. The quantitative estimate of drug-likeness (QED) is 0.266. The van der Waals surface area contributed by atoms with Gasteiger partial charge >= 0.3 is 5.97 Å². The number of carboxylic acid groups (broad SMARTS) is 1. The second-order valence-corrected chi connectivity index (χ2v) is 8.02. The smallest absolute Gasteiger partial charge is 0.341 e. The number of nitrogens with zero attached hydrogens (tertiary/aromatic N) is 1. The first-order valence-electron chi connectivity index (χ1n) is 8.20. The molecule has 0 saturated carbocycles. The van der Waals surface area contributed by atoms with Crippen molar-refractivity contribution in [1.82, 2.24) is 5.32 Å². The Bertz CT molecular complexity index is 958. The van der Waals surface area contributed by atoms with E-state index in [-0.39, 0.29) is 12.1 Å². The summed E-state index contributed by atoms with van der Waals surface area (Å²) in [4.78, 5) is 23.1. The van der Waals surface area contributed by atoms with E-state index in [1.807, 2.05) is 63.4 Å². The number of rotatable bonds is 8. The Morgan fingerprint density at radius 2 is 1.83 bits per heavy atom. The van der Waals surface area contributed by atoms with Crippen molar-refractivity contribution < 1.29 is 24.2 Å². The summed E-state index contributed by atoms with van der Waals surface area (Å²) in [5.41, 5.74) is 1.47. The Labute approximate surface area is 195 Å². The lowest BCUT2D eigenvalue weighted by molar-refractivity contribution is -0.139. The van der Waals surface area contributed by atoms with Crippen molar-refractivity contribution >= 4 is 63.1 Å². The Morgan fingerprint density at radius 3 is 2.34 bits per heavy atom. The number of benzene rings is 2. The van der Waals surface area contributed by atoms with Crippen LogP contribution in [0.25, 0.3) is 6.08 Å². The summed E-state index contributed by atoms with van der Waals surface area (Å²) in [6, 6.07) is 12.6. The van der Waals surface area contributed by atoms with Crippen LogP contribution < -0.4 is 14.8 Å². The van der Waals surface area contributed by atoms with Crippen molar-refractivity contribution in [2.45, 2.75) is 6.54 Å². The minimum absolute atomic E-state index is 0.0377. The minimum atomic E-state index is -1.07. The number of halogens is 2. The third-order valence-corrected chi connectivity index (χ3v) is 5.25. The first-order valence-corrected chi connectivity index (χ1v) is 10.4. The predicted molar refractivity (Wildman–Crippen MR) is 123 cm³/mol. The molecular weight excluding hydrogens is 602 g/mol. The molecule has 150 valence electrons. The third kappa shape index (κ3) is 6.90. The first-order chi connectivity index (χ1) is 13.8. The molecule has 0 aliphatic heterocycles. The van der Waals surface area contributed by atoms with Gasteiger partial charge in [-0.15, -0.1) is 0 Å². The highest BCUT2D eigenvalue weighted by molar-refractivity contribution is 14.1. The number of aliphatic carboxylic acids is 1. The molecule has 0 spiro atoms. The van der Waals surface area contributed by atoms with Crippen molar-refractivity contribution in [2.24, 2.45) is 0 Å². The van der Waals surface area contributed by atoms with E-state index >= 15 is 0 Å². The average Bonchev–Trinajstić information content (AvgIpc) is 2.69. The topological polar surface area (TPSA) is 109 Å². The van der Waals surface area contributed by atoms with Gasteiger partial charge < -0.3 is 19.9 Å². The monoisotopic (exact) mass is 618 g/mol. The molecule has 29 heavy (non-hydrogen) atoms. The van der Waals surface area contributed by atoms with Crippen LogP contribution >= 0.6 is 45.2 Å². The summed E-state index contributed by atoms with van der Waals surface area (Å²) in [5, 5.41) is 20.8. The minimum Gasteiger partial charge on any atom is -0.497 e. The number of hydrogen-bond acceptors (Lipinski definition) is 5. The molecule has 0 aliphatic carbocycles. The van der Waals surface area contributed by atoms with Gasteiger partial charge in [0.15, 0.2) is 6.61 Å². The Morgan fingerprint density at radius 1 is 1.21 bits per heavy atom. The van der Waals surface area contributed by atoms with Gasteiger partial charge in [-0.3, -0.25) is 4.79 Å². The predicted octanol–water partition coefficient (Wildman–Crippen LogP) is 3.59. The van der Waals surface area contributed by atoms with Crippen LogP contribution in [-0.2, 0) is 16.1 Å². The number of methoxy groups -OCH3 is 1. The van der Waals surface area contributed by atoms with Crippen molar-refractivity contribution in [2.75, 3.05) is 13.7 Å². The van der Waals surface area contributed by atoms with Crippen molar-refractivity contribution in [3.8, 4) is 17.6 Å². The van der Waals surface area contributed by atoms with Gasteiger partial charge in [0, 0.05) is 6.54 Å². The number of carboxylic acids is 1. The summed E-state index contributed by atoms with van der Waals surface area (Å²) in [6.45, 7) is -0.169. The Balaban J connectivity index is 2.12. The molecule has 0 saturated heterocycles. The van der Waals surface area contributed by atoms with Crippen molar-refractivity contribution in [3.63, 3.8) is 0 Å². The fourth-order valence-electron chi connectivity index (χ4n) is 2.27. The number of carbonyl (C=O) groups excluding carboxylic acids is 1. The molecular formula is C20H16I2N2O5. The molecule has 0 atom stereocenters. The van der Waals surface area contributed by atoms with Crippen LogP contribution in [0.4, 0.5) is 0 Å². The molecule has 0 fully saturated rings. The second-order valence-electron chi connectivity index (χ2n) is 5.70. The number of carbonyl (C=O) groups is 2. The van der Waals surface area contributed by atoms with Gasteiger partial charge in [-0.2, -0.15) is 5.26 Å². The molecule has 2 aromatic rings. The molecule has 1 amide bonds. The maximum Gasteiger partial charge on any atom is 0.341 e. The zero-order valence-electron chi connectivity index (χ0n) is 15.2. The second kappa shape index (κ2) is 11.0. The molecule has 0 heterocycles. The highest BCUT2D eigenvalue weighted by Crippen LogP contribution is 2.29. The largest absolute Gasteiger partial charge is 0.497 e. The number of nitriles is 1. The van der Waals surface area contributed by atoms with E-state index in [0.717, 1.165) is 11.3 Å². The molecule has 9 heteroatoms.